The summed E-state index contributed by atoms with van der Waals surface area (Å²) in [4.78, 5) is 4.98. The number of piperazine rings is 1. The second-order valence-electron chi connectivity index (χ2n) is 5.37. The number of allylic oxidation sites excluding steroid dienone is 4. The molecule has 0 spiro atoms. The summed E-state index contributed by atoms with van der Waals surface area (Å²) in [6, 6.07) is 4.39. The van der Waals surface area contributed by atoms with Crippen LogP contribution >= 0.6 is 15.9 Å². The zero-order valence-corrected chi connectivity index (χ0v) is 14.2. The molecule has 2 rings (SSSR count). The Bertz CT molecular complexity index is 517. The van der Waals surface area contributed by atoms with Gasteiger partial charge in [0.1, 0.15) is 0 Å². The summed E-state index contributed by atoms with van der Waals surface area (Å²) < 4.78 is 1.02. The molecular weight excluding hydrogens is 323 g/mol. The first-order valence-corrected chi connectivity index (χ1v) is 8.16. The van der Waals surface area contributed by atoms with Crippen LogP contribution in [0.2, 0.25) is 0 Å². The van der Waals surface area contributed by atoms with Gasteiger partial charge < -0.3 is 0 Å². The number of hydrogen-bond donors (Lipinski definition) is 0. The molecular formula is C17H22BBrN2. The SMILES string of the molecule is C=C/C(Br)=C\C=C(/C)CN1CCN(c2ccbcc2)CC1. The van der Waals surface area contributed by atoms with Crippen molar-refractivity contribution in [3.8, 4) is 0 Å². The summed E-state index contributed by atoms with van der Waals surface area (Å²) in [6.07, 6.45) is 6.03. The first kappa shape index (κ1) is 16.2. The second-order valence-corrected chi connectivity index (χ2v) is 6.28. The molecule has 2 heterocycles. The maximum atomic E-state index is 3.73. The summed E-state index contributed by atoms with van der Waals surface area (Å²) in [5.41, 5.74) is 2.71. The molecule has 4 heteroatoms. The van der Waals surface area contributed by atoms with Crippen LogP contribution in [0.5, 0.6) is 0 Å². The maximum absolute atomic E-state index is 3.73. The van der Waals surface area contributed by atoms with Crippen LogP contribution in [0.25, 0.3) is 0 Å². The molecule has 1 fully saturated rings. The van der Waals surface area contributed by atoms with Gasteiger partial charge in [-0.3, -0.25) is 0 Å². The van der Waals surface area contributed by atoms with Crippen molar-refractivity contribution in [2.45, 2.75) is 6.92 Å². The van der Waals surface area contributed by atoms with Crippen molar-refractivity contribution in [2.75, 3.05) is 37.6 Å². The Morgan fingerprint density at radius 2 is 1.90 bits per heavy atom. The van der Waals surface area contributed by atoms with Gasteiger partial charge in [-0.05, 0) is 0 Å². The van der Waals surface area contributed by atoms with E-state index in [4.69, 9.17) is 0 Å². The third-order valence-corrected chi connectivity index (χ3v) is 4.28. The fourth-order valence-electron chi connectivity index (χ4n) is 2.50. The van der Waals surface area contributed by atoms with Gasteiger partial charge >= 0.3 is 108 Å². The van der Waals surface area contributed by atoms with Crippen molar-refractivity contribution in [1.29, 1.82) is 0 Å². The van der Waals surface area contributed by atoms with Crippen molar-refractivity contribution in [3.63, 3.8) is 0 Å². The fourth-order valence-corrected chi connectivity index (χ4v) is 2.63. The standard InChI is InChI=1S/C17H22BBrN2/c1-3-16(19)5-4-15(2)14-20-10-12-21(13-11-20)17-6-8-18-9-7-17/h3-9H,1,10-14H2,2H3/b15-4+,16-5+. The molecule has 0 saturated carbocycles. The van der Waals surface area contributed by atoms with Crippen LogP contribution < -0.4 is 4.90 Å². The summed E-state index contributed by atoms with van der Waals surface area (Å²) in [5.74, 6) is 4.22. The number of anilines is 1. The van der Waals surface area contributed by atoms with Crippen LogP contribution in [-0.2, 0) is 0 Å². The molecule has 0 aliphatic carbocycles. The summed E-state index contributed by atoms with van der Waals surface area (Å²) in [5, 5.41) is 0. The van der Waals surface area contributed by atoms with Crippen LogP contribution in [0.3, 0.4) is 0 Å². The van der Waals surface area contributed by atoms with Gasteiger partial charge in [0, 0.05) is 0 Å². The Hall–Kier alpha value is -1.13. The van der Waals surface area contributed by atoms with Crippen LogP contribution in [0.15, 0.2) is 58.9 Å². The van der Waals surface area contributed by atoms with E-state index in [0.29, 0.717) is 0 Å². The molecule has 2 nitrogen and oxygen atoms in total. The van der Waals surface area contributed by atoms with Gasteiger partial charge in [0.15, 0.2) is 0 Å². The molecule has 0 N–H and O–H groups in total. The first-order valence-electron chi connectivity index (χ1n) is 7.37. The van der Waals surface area contributed by atoms with Gasteiger partial charge in [-0.1, -0.05) is 28.6 Å². The van der Waals surface area contributed by atoms with Crippen LogP contribution in [-0.4, -0.2) is 44.5 Å². The van der Waals surface area contributed by atoms with E-state index in [1.54, 1.807) is 0 Å². The molecule has 110 valence electrons. The molecule has 0 bridgehead atoms. The van der Waals surface area contributed by atoms with E-state index in [1.807, 2.05) is 6.08 Å². The van der Waals surface area contributed by atoms with Gasteiger partial charge in [0.2, 0.25) is 0 Å². The van der Waals surface area contributed by atoms with Gasteiger partial charge in [0.05, 0.1) is 0 Å². The zero-order chi connectivity index (χ0) is 15.1. The monoisotopic (exact) mass is 344 g/mol. The van der Waals surface area contributed by atoms with Gasteiger partial charge in [-0.15, -0.1) is 0 Å². The molecule has 0 radical (unpaired) electrons. The molecule has 1 aromatic heterocycles. The normalized spacial score (nSPS) is 17.7. The number of rotatable bonds is 5. The second kappa shape index (κ2) is 8.35. The average molecular weight is 345 g/mol. The molecule has 0 aromatic carbocycles. The minimum absolute atomic E-state index is 1.02. The van der Waals surface area contributed by atoms with Crippen LogP contribution in [0.1, 0.15) is 6.92 Å². The Kier molecular flexibility index (Phi) is 6.46. The van der Waals surface area contributed by atoms with Gasteiger partial charge in [-0.25, -0.2) is 0 Å². The van der Waals surface area contributed by atoms with E-state index in [9.17, 15) is 0 Å². The van der Waals surface area contributed by atoms with Crippen molar-refractivity contribution >= 4 is 28.5 Å². The summed E-state index contributed by atoms with van der Waals surface area (Å²) in [6.45, 7) is 13.5. The molecule has 1 aromatic rings. The quantitative estimate of drug-likeness (QED) is 0.753. The topological polar surface area (TPSA) is 6.48 Å². The minimum atomic E-state index is 1.02. The van der Waals surface area contributed by atoms with Gasteiger partial charge in [-0.2, -0.15) is 0 Å². The third-order valence-electron chi connectivity index (χ3n) is 3.69. The van der Waals surface area contributed by atoms with E-state index >= 15 is 0 Å². The Labute approximate surface area is 137 Å². The van der Waals surface area contributed by atoms with Crippen molar-refractivity contribution < 1.29 is 0 Å². The van der Waals surface area contributed by atoms with E-state index in [2.05, 4.69) is 82.4 Å². The van der Waals surface area contributed by atoms with Crippen molar-refractivity contribution in [3.05, 3.63) is 58.9 Å². The predicted octanol–water partition coefficient (Wildman–Crippen LogP) is 3.56. The van der Waals surface area contributed by atoms with Crippen LogP contribution in [0, 0.1) is 0 Å². The average Bonchev–Trinajstić information content (AvgIpc) is 2.54. The summed E-state index contributed by atoms with van der Waals surface area (Å²) in [7, 11) is 0. The van der Waals surface area contributed by atoms with Crippen LogP contribution in [0.4, 0.5) is 5.69 Å². The summed E-state index contributed by atoms with van der Waals surface area (Å²) >= 11 is 3.44. The molecule has 1 saturated heterocycles. The molecule has 21 heavy (non-hydrogen) atoms. The molecule has 1 aliphatic heterocycles. The number of halogens is 1. The molecule has 0 unspecified atom stereocenters. The molecule has 0 atom stereocenters. The predicted molar refractivity (Wildman–Crippen MR) is 97.4 cm³/mol. The van der Waals surface area contributed by atoms with E-state index in [0.717, 1.165) is 37.2 Å². The Morgan fingerprint density at radius 1 is 1.24 bits per heavy atom. The van der Waals surface area contributed by atoms with Gasteiger partial charge in [0.25, 0.3) is 0 Å². The number of nitrogens with zero attached hydrogens (tertiary/aromatic N) is 2. The van der Waals surface area contributed by atoms with E-state index in [1.165, 1.54) is 11.3 Å². The van der Waals surface area contributed by atoms with E-state index < -0.39 is 0 Å². The van der Waals surface area contributed by atoms with Crippen molar-refractivity contribution in [2.24, 2.45) is 0 Å². The molecule has 0 amide bonds. The van der Waals surface area contributed by atoms with E-state index in [-0.39, 0.29) is 0 Å². The van der Waals surface area contributed by atoms with Crippen molar-refractivity contribution in [1.82, 2.24) is 4.90 Å². The Balaban J connectivity index is 1.83. The number of hydrogen-bond acceptors (Lipinski definition) is 2. The Morgan fingerprint density at radius 3 is 2.52 bits per heavy atom. The zero-order valence-electron chi connectivity index (χ0n) is 12.6. The fraction of sp³-hybridized carbons (Fsp3) is 0.353. The third kappa shape index (κ3) is 5.29. The molecule has 1 aliphatic rings. The first-order chi connectivity index (χ1) is 10.2.